The average molecular weight is 314 g/mol. The van der Waals surface area contributed by atoms with Crippen molar-refractivity contribution in [2.24, 2.45) is 17.8 Å². The minimum absolute atomic E-state index is 0.0405. The van der Waals surface area contributed by atoms with Gasteiger partial charge in [0, 0.05) is 5.56 Å². The number of hydrogen-bond donors (Lipinski definition) is 0. The van der Waals surface area contributed by atoms with Crippen LogP contribution in [0.1, 0.15) is 76.3 Å². The van der Waals surface area contributed by atoms with Gasteiger partial charge < -0.3 is 0 Å². The van der Waals surface area contributed by atoms with E-state index in [0.717, 1.165) is 35.3 Å². The summed E-state index contributed by atoms with van der Waals surface area (Å²) < 4.78 is 14.3. The third-order valence-electron chi connectivity index (χ3n) is 6.43. The lowest BCUT2D eigenvalue weighted by Gasteiger charge is -2.36. The predicted molar refractivity (Wildman–Crippen MR) is 96.8 cm³/mol. The van der Waals surface area contributed by atoms with Gasteiger partial charge in [-0.15, -0.1) is 0 Å². The van der Waals surface area contributed by atoms with Gasteiger partial charge >= 0.3 is 0 Å². The zero-order valence-electron chi connectivity index (χ0n) is 15.0. The van der Waals surface area contributed by atoms with Crippen molar-refractivity contribution in [2.45, 2.75) is 72.1 Å². The lowest BCUT2D eigenvalue weighted by atomic mass is 9.69. The Morgan fingerprint density at radius 1 is 1.00 bits per heavy atom. The summed E-state index contributed by atoms with van der Waals surface area (Å²) in [5.74, 6) is 2.69. The molecule has 1 unspecified atom stereocenters. The number of rotatable bonds is 3. The molecule has 1 atom stereocenters. The molecular formula is C22H31F. The topological polar surface area (TPSA) is 0 Å². The van der Waals surface area contributed by atoms with Crippen LogP contribution in [-0.4, -0.2) is 0 Å². The standard InChI is InChI=1S/C22H31F/c1-4-17-6-8-18(9-7-17)19-10-12-20(16(3)14-19)21-11-5-15(2)13-22(21)23/h5,11,13,17-19H,4,6-10,12,14H2,1-3H3. The molecule has 2 aliphatic rings. The van der Waals surface area contributed by atoms with Gasteiger partial charge in [-0.3, -0.25) is 0 Å². The lowest BCUT2D eigenvalue weighted by Crippen LogP contribution is -2.24. The molecule has 1 fully saturated rings. The largest absolute Gasteiger partial charge is 0.206 e. The third-order valence-corrected chi connectivity index (χ3v) is 6.43. The van der Waals surface area contributed by atoms with Crippen molar-refractivity contribution in [2.75, 3.05) is 0 Å². The van der Waals surface area contributed by atoms with E-state index in [1.54, 1.807) is 6.07 Å². The van der Waals surface area contributed by atoms with Crippen LogP contribution in [0.15, 0.2) is 23.8 Å². The van der Waals surface area contributed by atoms with Crippen LogP contribution in [0.5, 0.6) is 0 Å². The van der Waals surface area contributed by atoms with Crippen molar-refractivity contribution in [1.82, 2.24) is 0 Å². The summed E-state index contributed by atoms with van der Waals surface area (Å²) in [6.45, 7) is 6.52. The minimum atomic E-state index is -0.0405. The number of halogens is 1. The van der Waals surface area contributed by atoms with E-state index in [9.17, 15) is 4.39 Å². The summed E-state index contributed by atoms with van der Waals surface area (Å²) in [6.07, 6.45) is 10.6. The monoisotopic (exact) mass is 314 g/mol. The highest BCUT2D eigenvalue weighted by Gasteiger charge is 2.30. The Labute approximate surface area is 141 Å². The second-order valence-electron chi connectivity index (χ2n) is 7.93. The van der Waals surface area contributed by atoms with Gasteiger partial charge in [-0.1, -0.05) is 43.9 Å². The molecule has 126 valence electrons. The van der Waals surface area contributed by atoms with Crippen molar-refractivity contribution >= 4 is 5.57 Å². The first-order valence-electron chi connectivity index (χ1n) is 9.53. The summed E-state index contributed by atoms with van der Waals surface area (Å²) in [7, 11) is 0. The van der Waals surface area contributed by atoms with Crippen molar-refractivity contribution < 1.29 is 4.39 Å². The quantitative estimate of drug-likeness (QED) is 0.567. The molecule has 2 aliphatic carbocycles. The highest BCUT2D eigenvalue weighted by Crippen LogP contribution is 2.44. The van der Waals surface area contributed by atoms with E-state index in [4.69, 9.17) is 0 Å². The Morgan fingerprint density at radius 3 is 2.35 bits per heavy atom. The van der Waals surface area contributed by atoms with E-state index in [-0.39, 0.29) is 5.82 Å². The van der Waals surface area contributed by atoms with Gasteiger partial charge in [0.25, 0.3) is 0 Å². The molecule has 0 bridgehead atoms. The summed E-state index contributed by atoms with van der Waals surface area (Å²) in [6, 6.07) is 5.70. The highest BCUT2D eigenvalue weighted by molar-refractivity contribution is 5.69. The Kier molecular flexibility index (Phi) is 5.24. The summed E-state index contributed by atoms with van der Waals surface area (Å²) in [5.41, 5.74) is 4.56. The van der Waals surface area contributed by atoms with Crippen molar-refractivity contribution in [3.8, 4) is 0 Å². The predicted octanol–water partition coefficient (Wildman–Crippen LogP) is 6.92. The number of aryl methyl sites for hydroxylation is 1. The molecule has 1 saturated carbocycles. The molecule has 1 aromatic rings. The second kappa shape index (κ2) is 7.20. The van der Waals surface area contributed by atoms with Crippen LogP contribution in [0.3, 0.4) is 0 Å². The third kappa shape index (κ3) is 3.70. The Bertz CT molecular complexity index is 576. The molecule has 23 heavy (non-hydrogen) atoms. The SMILES string of the molecule is CCC1CCC(C2CCC(c3ccc(C)cc3F)=C(C)C2)CC1. The van der Waals surface area contributed by atoms with E-state index >= 15 is 0 Å². The van der Waals surface area contributed by atoms with Gasteiger partial charge in [-0.2, -0.15) is 0 Å². The molecule has 0 aromatic heterocycles. The molecule has 0 aliphatic heterocycles. The zero-order chi connectivity index (χ0) is 16.4. The van der Waals surface area contributed by atoms with Gasteiger partial charge in [0.2, 0.25) is 0 Å². The van der Waals surface area contributed by atoms with Crippen molar-refractivity contribution in [3.63, 3.8) is 0 Å². The number of allylic oxidation sites excluding steroid dienone is 2. The number of benzene rings is 1. The van der Waals surface area contributed by atoms with Crippen molar-refractivity contribution in [1.29, 1.82) is 0 Å². The van der Waals surface area contributed by atoms with Crippen LogP contribution in [0.4, 0.5) is 4.39 Å². The average Bonchev–Trinajstić information content (AvgIpc) is 2.55. The molecule has 0 saturated heterocycles. The van der Waals surface area contributed by atoms with Crippen molar-refractivity contribution in [3.05, 3.63) is 40.7 Å². The fraction of sp³-hybridized carbons (Fsp3) is 0.636. The molecule has 0 N–H and O–H groups in total. The molecular weight excluding hydrogens is 283 g/mol. The van der Waals surface area contributed by atoms with E-state index in [2.05, 4.69) is 13.8 Å². The van der Waals surface area contributed by atoms with Gasteiger partial charge in [0.1, 0.15) is 5.82 Å². The Hall–Kier alpha value is -1.11. The molecule has 0 nitrogen and oxygen atoms in total. The fourth-order valence-corrected chi connectivity index (χ4v) is 4.86. The maximum Gasteiger partial charge on any atom is 0.130 e. The van der Waals surface area contributed by atoms with Gasteiger partial charge in [-0.05, 0) is 80.9 Å². The maximum atomic E-state index is 14.3. The summed E-state index contributed by atoms with van der Waals surface area (Å²) in [4.78, 5) is 0. The molecule has 0 spiro atoms. The maximum absolute atomic E-state index is 14.3. The smallest absolute Gasteiger partial charge is 0.130 e. The summed E-state index contributed by atoms with van der Waals surface area (Å²) >= 11 is 0. The highest BCUT2D eigenvalue weighted by atomic mass is 19.1. The number of hydrogen-bond acceptors (Lipinski definition) is 0. The first kappa shape index (κ1) is 16.7. The van der Waals surface area contributed by atoms with E-state index < -0.39 is 0 Å². The van der Waals surface area contributed by atoms with Crippen LogP contribution < -0.4 is 0 Å². The van der Waals surface area contributed by atoms with Crippen LogP contribution in [0, 0.1) is 30.5 Å². The zero-order valence-corrected chi connectivity index (χ0v) is 15.0. The fourth-order valence-electron chi connectivity index (χ4n) is 4.86. The minimum Gasteiger partial charge on any atom is -0.206 e. The van der Waals surface area contributed by atoms with Crippen LogP contribution in [-0.2, 0) is 0 Å². The lowest BCUT2D eigenvalue weighted by molar-refractivity contribution is 0.190. The molecule has 3 rings (SSSR count). The first-order valence-corrected chi connectivity index (χ1v) is 9.53. The van der Waals surface area contributed by atoms with E-state index in [1.165, 1.54) is 56.1 Å². The van der Waals surface area contributed by atoms with Gasteiger partial charge in [0.15, 0.2) is 0 Å². The summed E-state index contributed by atoms with van der Waals surface area (Å²) in [5, 5.41) is 0. The Balaban J connectivity index is 1.70. The van der Waals surface area contributed by atoms with E-state index in [0.29, 0.717) is 0 Å². The van der Waals surface area contributed by atoms with Crippen LogP contribution >= 0.6 is 0 Å². The molecule has 0 heterocycles. The second-order valence-corrected chi connectivity index (χ2v) is 7.93. The Morgan fingerprint density at radius 2 is 1.74 bits per heavy atom. The normalized spacial score (nSPS) is 29.0. The van der Waals surface area contributed by atoms with Crippen LogP contribution in [0.2, 0.25) is 0 Å². The molecule has 0 amide bonds. The van der Waals surface area contributed by atoms with Gasteiger partial charge in [-0.25, -0.2) is 4.39 Å². The van der Waals surface area contributed by atoms with E-state index in [1.807, 2.05) is 19.1 Å². The van der Waals surface area contributed by atoms with Crippen LogP contribution in [0.25, 0.3) is 5.57 Å². The first-order chi connectivity index (χ1) is 11.1. The molecule has 1 heteroatoms. The molecule has 0 radical (unpaired) electrons. The molecule has 1 aromatic carbocycles. The van der Waals surface area contributed by atoms with Gasteiger partial charge in [0.05, 0.1) is 0 Å².